The van der Waals surface area contributed by atoms with Crippen LogP contribution in [-0.4, -0.2) is 43.1 Å². The Bertz CT molecular complexity index is 454. The highest BCUT2D eigenvalue weighted by Crippen LogP contribution is 2.27. The number of ether oxygens (including phenoxy) is 1. The van der Waals surface area contributed by atoms with Crippen molar-refractivity contribution in [1.29, 1.82) is 0 Å². The Labute approximate surface area is 157 Å². The first-order chi connectivity index (χ1) is 12.3. The molecule has 3 N–H and O–H groups in total. The van der Waals surface area contributed by atoms with Gasteiger partial charge in [0, 0.05) is 19.5 Å². The van der Waals surface area contributed by atoms with Gasteiger partial charge in [-0.3, -0.25) is 9.59 Å². The lowest BCUT2D eigenvalue weighted by atomic mass is 9.86. The van der Waals surface area contributed by atoms with Crippen molar-refractivity contribution in [3.63, 3.8) is 0 Å². The molecule has 0 atom stereocenters. The van der Waals surface area contributed by atoms with Crippen molar-refractivity contribution < 1.29 is 19.1 Å². The molecule has 0 heterocycles. The maximum absolute atomic E-state index is 11.8. The van der Waals surface area contributed by atoms with Gasteiger partial charge < -0.3 is 20.7 Å². The Kier molecular flexibility index (Phi) is 10.1. The summed E-state index contributed by atoms with van der Waals surface area (Å²) in [6.45, 7) is 6.16. The SMILES string of the molecule is CC(C)(C)OC(=O)NCC(=O)NCCCNC(=O)CCC1CCCCC1. The van der Waals surface area contributed by atoms with Crippen molar-refractivity contribution in [3.05, 3.63) is 0 Å². The van der Waals surface area contributed by atoms with Crippen LogP contribution in [0, 0.1) is 5.92 Å². The number of carbonyl (C=O) groups excluding carboxylic acids is 3. The van der Waals surface area contributed by atoms with Crippen LogP contribution in [0.25, 0.3) is 0 Å². The molecule has 0 radical (unpaired) electrons. The van der Waals surface area contributed by atoms with Gasteiger partial charge in [0.25, 0.3) is 0 Å². The summed E-state index contributed by atoms with van der Waals surface area (Å²) in [5.41, 5.74) is -0.588. The first-order valence-corrected chi connectivity index (χ1v) is 9.76. The molecule has 1 saturated carbocycles. The summed E-state index contributed by atoms with van der Waals surface area (Å²) in [6, 6.07) is 0. The molecule has 0 unspecified atom stereocenters. The zero-order valence-corrected chi connectivity index (χ0v) is 16.5. The van der Waals surface area contributed by atoms with Crippen LogP contribution in [0.4, 0.5) is 4.79 Å². The molecule has 0 aliphatic heterocycles. The van der Waals surface area contributed by atoms with Gasteiger partial charge in [-0.1, -0.05) is 32.1 Å². The Morgan fingerprint density at radius 1 is 0.923 bits per heavy atom. The number of hydrogen-bond acceptors (Lipinski definition) is 4. The van der Waals surface area contributed by atoms with Crippen molar-refractivity contribution in [1.82, 2.24) is 16.0 Å². The molecule has 0 aromatic heterocycles. The minimum Gasteiger partial charge on any atom is -0.444 e. The fourth-order valence-electron chi connectivity index (χ4n) is 2.97. The van der Waals surface area contributed by atoms with E-state index < -0.39 is 11.7 Å². The molecule has 26 heavy (non-hydrogen) atoms. The van der Waals surface area contributed by atoms with Gasteiger partial charge in [-0.25, -0.2) is 4.79 Å². The molecule has 0 aromatic carbocycles. The highest BCUT2D eigenvalue weighted by molar-refractivity contribution is 5.82. The average Bonchev–Trinajstić information content (AvgIpc) is 2.57. The summed E-state index contributed by atoms with van der Waals surface area (Å²) in [4.78, 5) is 34.9. The summed E-state index contributed by atoms with van der Waals surface area (Å²) in [5, 5.41) is 7.99. The van der Waals surface area contributed by atoms with Crippen molar-refractivity contribution in [2.75, 3.05) is 19.6 Å². The number of hydrogen-bond donors (Lipinski definition) is 3. The van der Waals surface area contributed by atoms with Crippen LogP contribution in [0.2, 0.25) is 0 Å². The van der Waals surface area contributed by atoms with Crippen molar-refractivity contribution in [2.45, 2.75) is 77.7 Å². The van der Waals surface area contributed by atoms with E-state index in [-0.39, 0.29) is 18.4 Å². The number of rotatable bonds is 9. The fraction of sp³-hybridized carbons (Fsp3) is 0.842. The van der Waals surface area contributed by atoms with Gasteiger partial charge in [0.2, 0.25) is 11.8 Å². The summed E-state index contributed by atoms with van der Waals surface area (Å²) in [5.74, 6) is 0.527. The number of nitrogens with one attached hydrogen (secondary N) is 3. The largest absolute Gasteiger partial charge is 0.444 e. The first kappa shape index (κ1) is 22.3. The summed E-state index contributed by atoms with van der Waals surface area (Å²) >= 11 is 0. The smallest absolute Gasteiger partial charge is 0.408 e. The second-order valence-electron chi connectivity index (χ2n) is 7.95. The molecule has 150 valence electrons. The van der Waals surface area contributed by atoms with E-state index in [0.717, 1.165) is 6.42 Å². The van der Waals surface area contributed by atoms with E-state index in [9.17, 15) is 14.4 Å². The van der Waals surface area contributed by atoms with Gasteiger partial charge in [0.15, 0.2) is 0 Å². The molecule has 7 heteroatoms. The zero-order valence-electron chi connectivity index (χ0n) is 16.5. The number of alkyl carbamates (subject to hydrolysis) is 1. The van der Waals surface area contributed by atoms with Crippen LogP contribution in [0.15, 0.2) is 0 Å². The zero-order chi connectivity index (χ0) is 19.4. The van der Waals surface area contributed by atoms with E-state index in [4.69, 9.17) is 4.74 Å². The van der Waals surface area contributed by atoms with Crippen LogP contribution < -0.4 is 16.0 Å². The topological polar surface area (TPSA) is 96.5 Å². The third-order valence-corrected chi connectivity index (χ3v) is 4.29. The molecular formula is C19H35N3O4. The van der Waals surface area contributed by atoms with Gasteiger partial charge in [0.1, 0.15) is 5.60 Å². The molecule has 1 rings (SSSR count). The summed E-state index contributed by atoms with van der Waals surface area (Å²) in [6.07, 6.45) is 8.08. The Balaban J connectivity index is 1.97. The first-order valence-electron chi connectivity index (χ1n) is 9.76. The van der Waals surface area contributed by atoms with E-state index >= 15 is 0 Å². The quantitative estimate of drug-likeness (QED) is 0.544. The van der Waals surface area contributed by atoms with Crippen LogP contribution in [0.1, 0.15) is 72.1 Å². The molecule has 1 aliphatic rings. The van der Waals surface area contributed by atoms with Crippen LogP contribution in [0.3, 0.4) is 0 Å². The van der Waals surface area contributed by atoms with E-state index in [1.54, 1.807) is 20.8 Å². The van der Waals surface area contributed by atoms with Gasteiger partial charge in [-0.15, -0.1) is 0 Å². The molecule has 1 fully saturated rings. The second-order valence-corrected chi connectivity index (χ2v) is 7.95. The minimum absolute atomic E-state index is 0.0912. The highest BCUT2D eigenvalue weighted by Gasteiger charge is 2.16. The van der Waals surface area contributed by atoms with E-state index in [0.29, 0.717) is 31.8 Å². The van der Waals surface area contributed by atoms with Crippen LogP contribution in [0.5, 0.6) is 0 Å². The van der Waals surface area contributed by atoms with Crippen molar-refractivity contribution in [3.8, 4) is 0 Å². The van der Waals surface area contributed by atoms with Crippen LogP contribution in [-0.2, 0) is 14.3 Å². The van der Waals surface area contributed by atoms with Gasteiger partial charge in [-0.2, -0.15) is 0 Å². The maximum atomic E-state index is 11.8. The lowest BCUT2D eigenvalue weighted by Crippen LogP contribution is -2.40. The molecule has 0 bridgehead atoms. The lowest BCUT2D eigenvalue weighted by Gasteiger charge is -2.21. The predicted molar refractivity (Wildman–Crippen MR) is 101 cm³/mol. The Hall–Kier alpha value is -1.79. The molecular weight excluding hydrogens is 334 g/mol. The summed E-state index contributed by atoms with van der Waals surface area (Å²) in [7, 11) is 0. The normalized spacial score (nSPS) is 15.2. The highest BCUT2D eigenvalue weighted by atomic mass is 16.6. The van der Waals surface area contributed by atoms with Crippen molar-refractivity contribution in [2.24, 2.45) is 5.92 Å². The van der Waals surface area contributed by atoms with Crippen molar-refractivity contribution >= 4 is 17.9 Å². The fourth-order valence-corrected chi connectivity index (χ4v) is 2.97. The molecule has 0 saturated heterocycles. The maximum Gasteiger partial charge on any atom is 0.408 e. The average molecular weight is 370 g/mol. The van der Waals surface area contributed by atoms with Gasteiger partial charge in [-0.05, 0) is 39.5 Å². The van der Waals surface area contributed by atoms with Gasteiger partial charge in [0.05, 0.1) is 6.54 Å². The van der Waals surface area contributed by atoms with E-state index in [1.165, 1.54) is 32.1 Å². The van der Waals surface area contributed by atoms with Crippen LogP contribution >= 0.6 is 0 Å². The monoisotopic (exact) mass is 369 g/mol. The Morgan fingerprint density at radius 2 is 1.54 bits per heavy atom. The summed E-state index contributed by atoms with van der Waals surface area (Å²) < 4.78 is 5.05. The predicted octanol–water partition coefficient (Wildman–Crippen LogP) is 2.49. The molecule has 0 spiro atoms. The lowest BCUT2D eigenvalue weighted by molar-refractivity contribution is -0.121. The third kappa shape index (κ3) is 11.7. The molecule has 1 aliphatic carbocycles. The van der Waals surface area contributed by atoms with E-state index in [1.807, 2.05) is 0 Å². The Morgan fingerprint density at radius 3 is 2.15 bits per heavy atom. The van der Waals surface area contributed by atoms with E-state index in [2.05, 4.69) is 16.0 Å². The third-order valence-electron chi connectivity index (χ3n) is 4.29. The molecule has 3 amide bonds. The molecule has 0 aromatic rings. The number of amides is 3. The standard InChI is InChI=1S/C19H35N3O4/c1-19(2,3)26-18(25)22-14-17(24)21-13-7-12-20-16(23)11-10-15-8-5-4-6-9-15/h15H,4-14H2,1-3H3,(H,20,23)(H,21,24)(H,22,25). The minimum atomic E-state index is -0.613. The van der Waals surface area contributed by atoms with Gasteiger partial charge >= 0.3 is 6.09 Å². The molecule has 7 nitrogen and oxygen atoms in total. The number of carbonyl (C=O) groups is 3. The second kappa shape index (κ2) is 11.8.